The molecule has 4 N–H and O–H groups in total. The van der Waals surface area contributed by atoms with Gasteiger partial charge < -0.3 is 20.8 Å². The number of aromatic hydroxyl groups is 2. The normalized spacial score (nSPS) is 10.2. The van der Waals surface area contributed by atoms with Crippen LogP contribution in [0.15, 0.2) is 36.4 Å². The molecule has 110 valence electrons. The lowest BCUT2D eigenvalue weighted by Gasteiger charge is -2.11. The molecule has 0 heterocycles. The summed E-state index contributed by atoms with van der Waals surface area (Å²) in [6.07, 6.45) is 0. The molecular formula is C15H15ClN2O3. The summed E-state index contributed by atoms with van der Waals surface area (Å²) < 4.78 is 0. The maximum atomic E-state index is 11.0. The lowest BCUT2D eigenvalue weighted by atomic mass is 10.2. The summed E-state index contributed by atoms with van der Waals surface area (Å²) in [7, 11) is 0. The van der Waals surface area contributed by atoms with Crippen LogP contribution in [0.4, 0.5) is 11.4 Å². The Balaban J connectivity index is 2.06. The number of benzene rings is 2. The maximum absolute atomic E-state index is 11.0. The molecule has 0 aromatic heterocycles. The van der Waals surface area contributed by atoms with E-state index in [0.717, 1.165) is 5.69 Å². The highest BCUT2D eigenvalue weighted by atomic mass is 35.5. The second-order valence-corrected chi connectivity index (χ2v) is 4.95. The van der Waals surface area contributed by atoms with Crippen LogP contribution >= 0.6 is 11.6 Å². The molecular weight excluding hydrogens is 292 g/mol. The standard InChI is InChI=1S/C15H15ClN2O3/c1-9(19)18-14-5-3-11(6-13(14)16)17-8-10-2-4-12(20)7-15(10)21/h2-7,17,20-21H,8H2,1H3,(H,18,19). The van der Waals surface area contributed by atoms with E-state index in [-0.39, 0.29) is 17.4 Å². The third kappa shape index (κ3) is 4.03. The number of carbonyl (C=O) groups excluding carboxylic acids is 1. The number of hydrogen-bond acceptors (Lipinski definition) is 4. The van der Waals surface area contributed by atoms with Crippen molar-refractivity contribution in [1.82, 2.24) is 0 Å². The number of hydrogen-bond donors (Lipinski definition) is 4. The number of amides is 1. The van der Waals surface area contributed by atoms with Crippen molar-refractivity contribution >= 4 is 28.9 Å². The summed E-state index contributed by atoms with van der Waals surface area (Å²) >= 11 is 6.07. The summed E-state index contributed by atoms with van der Waals surface area (Å²) in [6, 6.07) is 9.57. The van der Waals surface area contributed by atoms with Crippen molar-refractivity contribution in [3.05, 3.63) is 47.0 Å². The van der Waals surface area contributed by atoms with Gasteiger partial charge in [0, 0.05) is 30.8 Å². The summed E-state index contributed by atoms with van der Waals surface area (Å²) in [4.78, 5) is 11.0. The number of phenolic OH excluding ortho intramolecular Hbond substituents is 2. The zero-order valence-corrected chi connectivity index (χ0v) is 12.1. The minimum absolute atomic E-state index is 0.0129. The van der Waals surface area contributed by atoms with Crippen LogP contribution in [0.2, 0.25) is 5.02 Å². The summed E-state index contributed by atoms with van der Waals surface area (Å²) in [5.41, 5.74) is 1.94. The van der Waals surface area contributed by atoms with E-state index >= 15 is 0 Å². The minimum atomic E-state index is -0.188. The Labute approximate surface area is 127 Å². The molecule has 0 aliphatic rings. The first-order chi connectivity index (χ1) is 9.95. The predicted molar refractivity (Wildman–Crippen MR) is 82.9 cm³/mol. The molecule has 0 atom stereocenters. The minimum Gasteiger partial charge on any atom is -0.508 e. The number of phenols is 2. The van der Waals surface area contributed by atoms with Crippen LogP contribution in [0.3, 0.4) is 0 Å². The van der Waals surface area contributed by atoms with Crippen LogP contribution in [0.25, 0.3) is 0 Å². The van der Waals surface area contributed by atoms with Gasteiger partial charge in [-0.3, -0.25) is 4.79 Å². The molecule has 21 heavy (non-hydrogen) atoms. The average molecular weight is 307 g/mol. The molecule has 0 aliphatic carbocycles. The van der Waals surface area contributed by atoms with Crippen LogP contribution in [-0.2, 0) is 11.3 Å². The van der Waals surface area contributed by atoms with E-state index < -0.39 is 0 Å². The maximum Gasteiger partial charge on any atom is 0.221 e. The van der Waals surface area contributed by atoms with Crippen molar-refractivity contribution in [2.75, 3.05) is 10.6 Å². The Morgan fingerprint density at radius 2 is 1.95 bits per heavy atom. The highest BCUT2D eigenvalue weighted by Gasteiger charge is 2.05. The molecule has 0 radical (unpaired) electrons. The van der Waals surface area contributed by atoms with Gasteiger partial charge in [-0.2, -0.15) is 0 Å². The van der Waals surface area contributed by atoms with E-state index in [9.17, 15) is 15.0 Å². The Kier molecular flexibility index (Phi) is 4.55. The molecule has 6 heteroatoms. The van der Waals surface area contributed by atoms with Crippen LogP contribution < -0.4 is 10.6 Å². The summed E-state index contributed by atoms with van der Waals surface area (Å²) in [5.74, 6) is -0.158. The van der Waals surface area contributed by atoms with Gasteiger partial charge in [0.25, 0.3) is 0 Å². The first kappa shape index (κ1) is 15.0. The Hall–Kier alpha value is -2.40. The SMILES string of the molecule is CC(=O)Nc1ccc(NCc2ccc(O)cc2O)cc1Cl. The topological polar surface area (TPSA) is 81.6 Å². The van der Waals surface area contributed by atoms with E-state index in [2.05, 4.69) is 10.6 Å². The van der Waals surface area contributed by atoms with Gasteiger partial charge in [-0.25, -0.2) is 0 Å². The Morgan fingerprint density at radius 3 is 2.57 bits per heavy atom. The number of halogens is 1. The Bertz CT molecular complexity index is 674. The molecule has 0 fully saturated rings. The molecule has 0 saturated heterocycles. The molecule has 2 rings (SSSR count). The zero-order valence-electron chi connectivity index (χ0n) is 11.4. The van der Waals surface area contributed by atoms with Gasteiger partial charge in [0.15, 0.2) is 0 Å². The van der Waals surface area contributed by atoms with Gasteiger partial charge in [-0.05, 0) is 30.3 Å². The van der Waals surface area contributed by atoms with Crippen molar-refractivity contribution in [3.8, 4) is 11.5 Å². The monoisotopic (exact) mass is 306 g/mol. The first-order valence-corrected chi connectivity index (χ1v) is 6.65. The van der Waals surface area contributed by atoms with Crippen molar-refractivity contribution < 1.29 is 15.0 Å². The quantitative estimate of drug-likeness (QED) is 0.698. The van der Waals surface area contributed by atoms with Gasteiger partial charge in [0.2, 0.25) is 5.91 Å². The summed E-state index contributed by atoms with van der Waals surface area (Å²) in [6.45, 7) is 1.79. The second-order valence-electron chi connectivity index (χ2n) is 4.54. The van der Waals surface area contributed by atoms with E-state index in [4.69, 9.17) is 11.6 Å². The average Bonchev–Trinajstić information content (AvgIpc) is 2.40. The number of anilines is 2. The van der Waals surface area contributed by atoms with Gasteiger partial charge in [0.05, 0.1) is 10.7 Å². The lowest BCUT2D eigenvalue weighted by Crippen LogP contribution is -2.06. The van der Waals surface area contributed by atoms with Crippen LogP contribution in [0.1, 0.15) is 12.5 Å². The van der Waals surface area contributed by atoms with E-state index in [1.54, 1.807) is 24.3 Å². The van der Waals surface area contributed by atoms with Crippen molar-refractivity contribution in [1.29, 1.82) is 0 Å². The predicted octanol–water partition coefficient (Wildman–Crippen LogP) is 3.32. The van der Waals surface area contributed by atoms with Crippen LogP contribution in [0, 0.1) is 0 Å². The number of rotatable bonds is 4. The molecule has 0 unspecified atom stereocenters. The fourth-order valence-corrected chi connectivity index (χ4v) is 2.04. The molecule has 0 saturated carbocycles. The lowest BCUT2D eigenvalue weighted by molar-refractivity contribution is -0.114. The molecule has 2 aromatic rings. The van der Waals surface area contributed by atoms with Crippen molar-refractivity contribution in [3.63, 3.8) is 0 Å². The molecule has 1 amide bonds. The van der Waals surface area contributed by atoms with E-state index in [0.29, 0.717) is 22.8 Å². The highest BCUT2D eigenvalue weighted by Crippen LogP contribution is 2.27. The van der Waals surface area contributed by atoms with Crippen LogP contribution in [-0.4, -0.2) is 16.1 Å². The number of carbonyl (C=O) groups is 1. The van der Waals surface area contributed by atoms with Crippen LogP contribution in [0.5, 0.6) is 11.5 Å². The van der Waals surface area contributed by atoms with E-state index in [1.165, 1.54) is 19.1 Å². The fourth-order valence-electron chi connectivity index (χ4n) is 1.82. The second kappa shape index (κ2) is 6.37. The Morgan fingerprint density at radius 1 is 1.19 bits per heavy atom. The molecule has 5 nitrogen and oxygen atoms in total. The largest absolute Gasteiger partial charge is 0.508 e. The fraction of sp³-hybridized carbons (Fsp3) is 0.133. The van der Waals surface area contributed by atoms with Gasteiger partial charge in [-0.15, -0.1) is 0 Å². The van der Waals surface area contributed by atoms with Gasteiger partial charge in [0.1, 0.15) is 11.5 Å². The third-order valence-electron chi connectivity index (χ3n) is 2.83. The molecule has 0 bridgehead atoms. The van der Waals surface area contributed by atoms with Gasteiger partial charge >= 0.3 is 0 Å². The molecule has 2 aromatic carbocycles. The molecule has 0 aliphatic heterocycles. The van der Waals surface area contributed by atoms with E-state index in [1.807, 2.05) is 0 Å². The van der Waals surface area contributed by atoms with Gasteiger partial charge in [-0.1, -0.05) is 11.6 Å². The smallest absolute Gasteiger partial charge is 0.221 e. The molecule has 0 spiro atoms. The van der Waals surface area contributed by atoms with Crippen molar-refractivity contribution in [2.45, 2.75) is 13.5 Å². The zero-order chi connectivity index (χ0) is 15.4. The highest BCUT2D eigenvalue weighted by molar-refractivity contribution is 6.34. The van der Waals surface area contributed by atoms with Crippen molar-refractivity contribution in [2.24, 2.45) is 0 Å². The number of nitrogens with one attached hydrogen (secondary N) is 2. The third-order valence-corrected chi connectivity index (χ3v) is 3.14. The summed E-state index contributed by atoms with van der Waals surface area (Å²) in [5, 5.41) is 25.1. The first-order valence-electron chi connectivity index (χ1n) is 6.27.